The van der Waals surface area contributed by atoms with Crippen molar-refractivity contribution in [2.45, 2.75) is 13.2 Å². The van der Waals surface area contributed by atoms with Gasteiger partial charge in [-0.05, 0) is 41.5 Å². The number of rotatable bonds is 5. The Hall–Kier alpha value is -3.54. The minimum absolute atomic E-state index is 0.223. The quantitative estimate of drug-likeness (QED) is 0.535. The molecule has 1 amide bonds. The summed E-state index contributed by atoms with van der Waals surface area (Å²) in [5.41, 5.74) is 2.66. The van der Waals surface area contributed by atoms with Crippen molar-refractivity contribution >= 4 is 22.6 Å². The SMILES string of the molecule is O=C(Nc1nn(Cc2ccc(CF)cc2)c2ccccc12)c1cccc(F)c1. The summed E-state index contributed by atoms with van der Waals surface area (Å²) in [4.78, 5) is 12.5. The van der Waals surface area contributed by atoms with E-state index in [2.05, 4.69) is 10.4 Å². The van der Waals surface area contributed by atoms with Crippen LogP contribution in [0.15, 0.2) is 72.8 Å². The minimum atomic E-state index is -0.499. The van der Waals surface area contributed by atoms with Gasteiger partial charge in [0, 0.05) is 10.9 Å². The summed E-state index contributed by atoms with van der Waals surface area (Å²) >= 11 is 0. The molecule has 3 aromatic carbocycles. The number of halogens is 2. The minimum Gasteiger partial charge on any atom is -0.305 e. The van der Waals surface area contributed by atoms with E-state index >= 15 is 0 Å². The van der Waals surface area contributed by atoms with E-state index in [1.165, 1.54) is 18.2 Å². The summed E-state index contributed by atoms with van der Waals surface area (Å²) in [5, 5.41) is 8.08. The first-order valence-corrected chi connectivity index (χ1v) is 8.80. The summed E-state index contributed by atoms with van der Waals surface area (Å²) in [6.45, 7) is -0.0237. The monoisotopic (exact) mass is 377 g/mol. The topological polar surface area (TPSA) is 46.9 Å². The molecule has 0 aliphatic rings. The van der Waals surface area contributed by atoms with Crippen LogP contribution in [0.25, 0.3) is 10.9 Å². The van der Waals surface area contributed by atoms with Crippen LogP contribution in [-0.2, 0) is 13.2 Å². The zero-order chi connectivity index (χ0) is 19.5. The van der Waals surface area contributed by atoms with Crippen LogP contribution in [0.3, 0.4) is 0 Å². The molecule has 4 rings (SSSR count). The first-order chi connectivity index (χ1) is 13.6. The van der Waals surface area contributed by atoms with Crippen molar-refractivity contribution in [2.24, 2.45) is 0 Å². The van der Waals surface area contributed by atoms with Crippen molar-refractivity contribution in [1.82, 2.24) is 9.78 Å². The maximum absolute atomic E-state index is 13.4. The van der Waals surface area contributed by atoms with E-state index in [0.29, 0.717) is 17.9 Å². The Morgan fingerprint density at radius 3 is 2.46 bits per heavy atom. The zero-order valence-corrected chi connectivity index (χ0v) is 14.9. The molecular formula is C22H17F2N3O. The second-order valence-electron chi connectivity index (χ2n) is 6.44. The molecule has 0 spiro atoms. The van der Waals surface area contributed by atoms with Gasteiger partial charge in [0.05, 0.1) is 12.1 Å². The molecule has 28 heavy (non-hydrogen) atoms. The molecule has 1 N–H and O–H groups in total. The van der Waals surface area contributed by atoms with Crippen LogP contribution in [0.4, 0.5) is 14.6 Å². The molecular weight excluding hydrogens is 360 g/mol. The summed E-state index contributed by atoms with van der Waals surface area (Å²) in [6, 6.07) is 20.2. The lowest BCUT2D eigenvalue weighted by molar-refractivity contribution is 0.102. The first-order valence-electron chi connectivity index (χ1n) is 8.80. The molecule has 0 saturated carbocycles. The highest BCUT2D eigenvalue weighted by molar-refractivity contribution is 6.07. The fourth-order valence-electron chi connectivity index (χ4n) is 3.06. The lowest BCUT2D eigenvalue weighted by Crippen LogP contribution is -2.13. The number of nitrogens with one attached hydrogen (secondary N) is 1. The Morgan fingerprint density at radius 1 is 0.964 bits per heavy atom. The van der Waals surface area contributed by atoms with E-state index < -0.39 is 18.4 Å². The molecule has 1 heterocycles. The van der Waals surface area contributed by atoms with E-state index in [4.69, 9.17) is 0 Å². The molecule has 0 bridgehead atoms. The summed E-state index contributed by atoms with van der Waals surface area (Å²) in [6.07, 6.45) is 0. The zero-order valence-electron chi connectivity index (χ0n) is 14.9. The van der Waals surface area contributed by atoms with Gasteiger partial charge in [0.25, 0.3) is 5.91 Å². The number of alkyl halides is 1. The van der Waals surface area contributed by atoms with Crippen molar-refractivity contribution in [2.75, 3.05) is 5.32 Å². The molecule has 4 nitrogen and oxygen atoms in total. The Kier molecular flexibility index (Phi) is 4.85. The molecule has 0 aliphatic carbocycles. The molecule has 0 fully saturated rings. The number of hydrogen-bond donors (Lipinski definition) is 1. The van der Waals surface area contributed by atoms with Gasteiger partial charge >= 0.3 is 0 Å². The number of para-hydroxylation sites is 1. The number of carbonyl (C=O) groups is 1. The molecule has 0 saturated heterocycles. The Bertz CT molecular complexity index is 1140. The van der Waals surface area contributed by atoms with E-state index in [1.807, 2.05) is 36.4 Å². The predicted molar refractivity (Wildman–Crippen MR) is 104 cm³/mol. The van der Waals surface area contributed by atoms with E-state index in [0.717, 1.165) is 16.5 Å². The van der Waals surface area contributed by atoms with Crippen LogP contribution in [0.1, 0.15) is 21.5 Å². The third kappa shape index (κ3) is 3.62. The van der Waals surface area contributed by atoms with Crippen molar-refractivity contribution in [3.8, 4) is 0 Å². The second-order valence-corrected chi connectivity index (χ2v) is 6.44. The third-order valence-electron chi connectivity index (χ3n) is 4.49. The summed E-state index contributed by atoms with van der Waals surface area (Å²) in [7, 11) is 0. The van der Waals surface area contributed by atoms with Crippen molar-refractivity contribution < 1.29 is 13.6 Å². The van der Waals surface area contributed by atoms with Gasteiger partial charge in [-0.15, -0.1) is 0 Å². The average Bonchev–Trinajstić information content (AvgIpc) is 3.06. The lowest BCUT2D eigenvalue weighted by Gasteiger charge is -2.05. The fourth-order valence-corrected chi connectivity index (χ4v) is 3.06. The van der Waals surface area contributed by atoms with Crippen molar-refractivity contribution in [3.63, 3.8) is 0 Å². The fraction of sp³-hybridized carbons (Fsp3) is 0.0909. The summed E-state index contributed by atoms with van der Waals surface area (Å²) < 4.78 is 27.9. The molecule has 0 atom stereocenters. The maximum Gasteiger partial charge on any atom is 0.256 e. The van der Waals surface area contributed by atoms with Gasteiger partial charge in [-0.25, -0.2) is 8.78 Å². The maximum atomic E-state index is 13.4. The molecule has 0 aliphatic heterocycles. The van der Waals surface area contributed by atoms with Gasteiger partial charge in [-0.2, -0.15) is 5.10 Å². The second kappa shape index (κ2) is 7.60. The normalized spacial score (nSPS) is 10.9. The van der Waals surface area contributed by atoms with E-state index in [9.17, 15) is 13.6 Å². The van der Waals surface area contributed by atoms with Gasteiger partial charge in [0.15, 0.2) is 5.82 Å². The van der Waals surface area contributed by atoms with Crippen LogP contribution in [-0.4, -0.2) is 15.7 Å². The number of aromatic nitrogens is 2. The van der Waals surface area contributed by atoms with E-state index in [1.54, 1.807) is 22.9 Å². The summed E-state index contributed by atoms with van der Waals surface area (Å²) in [5.74, 6) is -0.493. The van der Waals surface area contributed by atoms with Crippen molar-refractivity contribution in [3.05, 3.63) is 95.3 Å². The van der Waals surface area contributed by atoms with Gasteiger partial charge in [0.2, 0.25) is 0 Å². The molecule has 0 radical (unpaired) electrons. The lowest BCUT2D eigenvalue weighted by atomic mass is 10.1. The van der Waals surface area contributed by atoms with Gasteiger partial charge in [-0.1, -0.05) is 42.5 Å². The highest BCUT2D eigenvalue weighted by Crippen LogP contribution is 2.24. The van der Waals surface area contributed by atoms with Crippen LogP contribution >= 0.6 is 0 Å². The van der Waals surface area contributed by atoms with E-state index in [-0.39, 0.29) is 5.56 Å². The molecule has 1 aromatic heterocycles. The number of benzene rings is 3. The smallest absolute Gasteiger partial charge is 0.256 e. The Morgan fingerprint density at radius 2 is 1.71 bits per heavy atom. The van der Waals surface area contributed by atoms with Crippen LogP contribution in [0, 0.1) is 5.82 Å². The number of amides is 1. The number of carbonyl (C=O) groups excluding carboxylic acids is 1. The van der Waals surface area contributed by atoms with Gasteiger partial charge in [-0.3, -0.25) is 9.48 Å². The number of fused-ring (bicyclic) bond motifs is 1. The Labute approximate surface area is 160 Å². The third-order valence-corrected chi connectivity index (χ3v) is 4.49. The molecule has 6 heteroatoms. The van der Waals surface area contributed by atoms with Crippen LogP contribution in [0.5, 0.6) is 0 Å². The largest absolute Gasteiger partial charge is 0.305 e. The van der Waals surface area contributed by atoms with Crippen LogP contribution in [0.2, 0.25) is 0 Å². The highest BCUT2D eigenvalue weighted by atomic mass is 19.1. The Balaban J connectivity index is 1.65. The number of hydrogen-bond acceptors (Lipinski definition) is 2. The van der Waals surface area contributed by atoms with Gasteiger partial charge in [0.1, 0.15) is 12.5 Å². The standard InChI is InChI=1S/C22H17F2N3O/c23-13-15-8-10-16(11-9-15)14-27-20-7-2-1-6-19(20)21(26-27)25-22(28)17-4-3-5-18(24)12-17/h1-12H,13-14H2,(H,25,26,28). The van der Waals surface area contributed by atoms with Crippen LogP contribution < -0.4 is 5.32 Å². The number of nitrogens with zero attached hydrogens (tertiary/aromatic N) is 2. The molecule has 4 aromatic rings. The molecule has 140 valence electrons. The highest BCUT2D eigenvalue weighted by Gasteiger charge is 2.14. The number of anilines is 1. The van der Waals surface area contributed by atoms with Gasteiger partial charge < -0.3 is 5.32 Å². The predicted octanol–water partition coefficient (Wildman–Crippen LogP) is 4.95. The first kappa shape index (κ1) is 17.9. The average molecular weight is 377 g/mol. The van der Waals surface area contributed by atoms with Crippen molar-refractivity contribution in [1.29, 1.82) is 0 Å². The molecule has 0 unspecified atom stereocenters.